The number of nitrogens with zero attached hydrogens (tertiary/aromatic N) is 3. The average Bonchev–Trinajstić information content (AvgIpc) is 2.54. The molecule has 0 aliphatic heterocycles. The molecular weight excluding hydrogens is 266 g/mol. The number of nitrogens with two attached hydrogens (primary N) is 2. The van der Waals surface area contributed by atoms with Gasteiger partial charge in [0, 0.05) is 11.8 Å². The van der Waals surface area contributed by atoms with Crippen LogP contribution in [0.3, 0.4) is 0 Å². The molecule has 0 unspecified atom stereocenters. The van der Waals surface area contributed by atoms with Crippen LogP contribution in [0.4, 0.5) is 11.5 Å². The Morgan fingerprint density at radius 1 is 0.952 bits per heavy atom. The lowest BCUT2D eigenvalue weighted by Gasteiger charge is -2.15. The summed E-state index contributed by atoms with van der Waals surface area (Å²) in [5.41, 5.74) is 11.9. The third kappa shape index (κ3) is 2.23. The lowest BCUT2D eigenvalue weighted by Crippen LogP contribution is -2.22. The van der Waals surface area contributed by atoms with Gasteiger partial charge in [0.1, 0.15) is 17.3 Å². The van der Waals surface area contributed by atoms with Crippen molar-refractivity contribution in [3.8, 4) is 17.2 Å². The molecule has 104 valence electrons. The van der Waals surface area contributed by atoms with E-state index in [1.807, 2.05) is 36.4 Å². The summed E-state index contributed by atoms with van der Waals surface area (Å²) in [6.45, 7) is 0. The van der Waals surface area contributed by atoms with Gasteiger partial charge in [0.15, 0.2) is 5.82 Å². The van der Waals surface area contributed by atoms with Gasteiger partial charge in [-0.3, -0.25) is 9.36 Å². The summed E-state index contributed by atoms with van der Waals surface area (Å²) >= 11 is 0. The fraction of sp³-hybridized carbons (Fsp3) is 0. The third-order valence-corrected chi connectivity index (χ3v) is 3.08. The second-order valence-corrected chi connectivity index (χ2v) is 4.43. The predicted molar refractivity (Wildman–Crippen MR) is 81.9 cm³/mol. The van der Waals surface area contributed by atoms with Crippen LogP contribution in [0.2, 0.25) is 0 Å². The van der Waals surface area contributed by atoms with Crippen LogP contribution >= 0.6 is 0 Å². The van der Waals surface area contributed by atoms with Gasteiger partial charge in [0.25, 0.3) is 5.56 Å². The average molecular weight is 279 g/mol. The number of anilines is 2. The summed E-state index contributed by atoms with van der Waals surface area (Å²) < 4.78 is 1.58. The molecule has 6 nitrogen and oxygen atoms in total. The van der Waals surface area contributed by atoms with E-state index in [0.29, 0.717) is 11.6 Å². The Hall–Kier alpha value is -3.15. The normalized spacial score (nSPS) is 10.5. The summed E-state index contributed by atoms with van der Waals surface area (Å²) in [7, 11) is 0. The first-order valence-corrected chi connectivity index (χ1v) is 6.33. The van der Waals surface area contributed by atoms with E-state index < -0.39 is 5.56 Å². The standard InChI is InChI=1S/C15H13N5O/c16-12-13(17)20(11-8-4-5-9-18-11)14(19-15(12)21)10-6-2-1-3-7-10/h1-9H,16-17H2. The zero-order chi connectivity index (χ0) is 14.8. The minimum absolute atomic E-state index is 0.0830. The van der Waals surface area contributed by atoms with Crippen molar-refractivity contribution >= 4 is 11.5 Å². The fourth-order valence-electron chi connectivity index (χ4n) is 2.05. The first-order chi connectivity index (χ1) is 10.2. The van der Waals surface area contributed by atoms with E-state index in [1.165, 1.54) is 0 Å². The number of hydrogen-bond acceptors (Lipinski definition) is 5. The molecule has 1 aromatic carbocycles. The Kier molecular flexibility index (Phi) is 3.12. The number of aromatic nitrogens is 3. The molecule has 0 fully saturated rings. The Morgan fingerprint density at radius 3 is 2.33 bits per heavy atom. The molecule has 3 aromatic rings. The number of nitrogen functional groups attached to an aromatic ring is 2. The molecule has 0 saturated carbocycles. The van der Waals surface area contributed by atoms with Gasteiger partial charge in [0.2, 0.25) is 0 Å². The van der Waals surface area contributed by atoms with Gasteiger partial charge in [-0.15, -0.1) is 0 Å². The highest BCUT2D eigenvalue weighted by Gasteiger charge is 2.16. The Morgan fingerprint density at radius 2 is 1.67 bits per heavy atom. The molecule has 0 radical (unpaired) electrons. The van der Waals surface area contributed by atoms with Gasteiger partial charge >= 0.3 is 0 Å². The van der Waals surface area contributed by atoms with E-state index >= 15 is 0 Å². The van der Waals surface area contributed by atoms with E-state index in [9.17, 15) is 4.79 Å². The van der Waals surface area contributed by atoms with Crippen LogP contribution in [-0.2, 0) is 0 Å². The highest BCUT2D eigenvalue weighted by Crippen LogP contribution is 2.24. The fourth-order valence-corrected chi connectivity index (χ4v) is 2.05. The molecule has 21 heavy (non-hydrogen) atoms. The molecule has 0 saturated heterocycles. The second-order valence-electron chi connectivity index (χ2n) is 4.43. The number of hydrogen-bond donors (Lipinski definition) is 2. The van der Waals surface area contributed by atoms with Gasteiger partial charge < -0.3 is 11.5 Å². The Labute approximate surface area is 120 Å². The molecule has 3 rings (SSSR count). The summed E-state index contributed by atoms with van der Waals surface area (Å²) in [6.07, 6.45) is 1.64. The van der Waals surface area contributed by atoms with Gasteiger partial charge in [-0.05, 0) is 12.1 Å². The third-order valence-electron chi connectivity index (χ3n) is 3.08. The first kappa shape index (κ1) is 12.9. The SMILES string of the molecule is Nc1c(N)n(-c2ccccn2)c(-c2ccccc2)nc1=O. The summed E-state index contributed by atoms with van der Waals surface area (Å²) in [6, 6.07) is 14.7. The Balaban J connectivity index is 2.37. The monoisotopic (exact) mass is 279 g/mol. The van der Waals surface area contributed by atoms with Crippen LogP contribution in [0.5, 0.6) is 0 Å². The molecule has 0 aliphatic carbocycles. The zero-order valence-electron chi connectivity index (χ0n) is 11.1. The van der Waals surface area contributed by atoms with Gasteiger partial charge in [-0.1, -0.05) is 36.4 Å². The molecule has 2 aromatic heterocycles. The van der Waals surface area contributed by atoms with Crippen molar-refractivity contribution in [2.24, 2.45) is 0 Å². The van der Waals surface area contributed by atoms with Gasteiger partial charge in [0.05, 0.1) is 0 Å². The number of rotatable bonds is 2. The molecule has 4 N–H and O–H groups in total. The highest BCUT2D eigenvalue weighted by molar-refractivity contribution is 5.68. The maximum atomic E-state index is 11.9. The molecular formula is C15H13N5O. The lowest BCUT2D eigenvalue weighted by atomic mass is 10.2. The van der Waals surface area contributed by atoms with E-state index in [2.05, 4.69) is 9.97 Å². The van der Waals surface area contributed by atoms with Crippen molar-refractivity contribution in [3.63, 3.8) is 0 Å². The van der Waals surface area contributed by atoms with E-state index in [1.54, 1.807) is 22.9 Å². The minimum atomic E-state index is -0.543. The van der Waals surface area contributed by atoms with Crippen molar-refractivity contribution in [2.75, 3.05) is 11.5 Å². The maximum Gasteiger partial charge on any atom is 0.298 e. The number of pyridine rings is 1. The largest absolute Gasteiger partial charge is 0.391 e. The van der Waals surface area contributed by atoms with Gasteiger partial charge in [-0.25, -0.2) is 4.98 Å². The van der Waals surface area contributed by atoms with Crippen LogP contribution in [-0.4, -0.2) is 14.5 Å². The number of benzene rings is 1. The van der Waals surface area contributed by atoms with Crippen LogP contribution < -0.4 is 17.0 Å². The molecule has 6 heteroatoms. The summed E-state index contributed by atoms with van der Waals surface area (Å²) in [5, 5.41) is 0. The zero-order valence-corrected chi connectivity index (χ0v) is 11.1. The van der Waals surface area contributed by atoms with Crippen LogP contribution in [0, 0.1) is 0 Å². The molecule has 2 heterocycles. The molecule has 0 spiro atoms. The molecule has 0 atom stereocenters. The van der Waals surface area contributed by atoms with Gasteiger partial charge in [-0.2, -0.15) is 4.98 Å². The summed E-state index contributed by atoms with van der Waals surface area (Å²) in [4.78, 5) is 20.2. The van der Waals surface area contributed by atoms with E-state index in [4.69, 9.17) is 11.5 Å². The van der Waals surface area contributed by atoms with Crippen molar-refractivity contribution < 1.29 is 0 Å². The van der Waals surface area contributed by atoms with Crippen LogP contribution in [0.15, 0.2) is 59.5 Å². The van der Waals surface area contributed by atoms with Crippen molar-refractivity contribution in [1.82, 2.24) is 14.5 Å². The van der Waals surface area contributed by atoms with Crippen molar-refractivity contribution in [1.29, 1.82) is 0 Å². The van der Waals surface area contributed by atoms with E-state index in [-0.39, 0.29) is 11.5 Å². The van der Waals surface area contributed by atoms with Crippen LogP contribution in [0.25, 0.3) is 17.2 Å². The molecule has 0 aliphatic rings. The van der Waals surface area contributed by atoms with E-state index in [0.717, 1.165) is 5.56 Å². The lowest BCUT2D eigenvalue weighted by molar-refractivity contribution is 0.953. The smallest absolute Gasteiger partial charge is 0.298 e. The molecule has 0 amide bonds. The van der Waals surface area contributed by atoms with Crippen LogP contribution in [0.1, 0.15) is 0 Å². The second kappa shape index (κ2) is 5.09. The first-order valence-electron chi connectivity index (χ1n) is 6.33. The quantitative estimate of drug-likeness (QED) is 0.739. The van der Waals surface area contributed by atoms with Crippen molar-refractivity contribution in [3.05, 3.63) is 65.1 Å². The maximum absolute atomic E-state index is 11.9. The Bertz CT molecular complexity index is 828. The highest BCUT2D eigenvalue weighted by atomic mass is 16.1. The molecule has 0 bridgehead atoms. The van der Waals surface area contributed by atoms with Crippen molar-refractivity contribution in [2.45, 2.75) is 0 Å². The minimum Gasteiger partial charge on any atom is -0.391 e. The topological polar surface area (TPSA) is 99.8 Å². The predicted octanol–water partition coefficient (Wildman–Crippen LogP) is 1.46. The summed E-state index contributed by atoms with van der Waals surface area (Å²) in [5.74, 6) is 1.09.